The van der Waals surface area contributed by atoms with Crippen molar-refractivity contribution in [3.63, 3.8) is 0 Å². The first kappa shape index (κ1) is 32.7. The Kier molecular flexibility index (Phi) is 29.0. The molecule has 1 aliphatic heterocycles. The van der Waals surface area contributed by atoms with Crippen LogP contribution in [0.1, 0.15) is 11.1 Å². The summed E-state index contributed by atoms with van der Waals surface area (Å²) in [5.74, 6) is 0. The molecule has 0 saturated carbocycles. The summed E-state index contributed by atoms with van der Waals surface area (Å²) in [4.78, 5) is 0. The fourth-order valence-electron chi connectivity index (χ4n) is 2.10. The molecule has 0 aliphatic carbocycles. The van der Waals surface area contributed by atoms with Gasteiger partial charge in [0.2, 0.25) is 0 Å². The first-order valence-corrected chi connectivity index (χ1v) is 8.28. The molecule has 0 radical (unpaired) electrons. The second-order valence-corrected chi connectivity index (χ2v) is 6.00. The zero-order valence-electron chi connectivity index (χ0n) is 14.2. The van der Waals surface area contributed by atoms with Crippen molar-refractivity contribution >= 4 is 18.5 Å². The van der Waals surface area contributed by atoms with Gasteiger partial charge in [0.25, 0.3) is 0 Å². The summed E-state index contributed by atoms with van der Waals surface area (Å²) in [6.45, 7) is 24.8. The van der Waals surface area contributed by atoms with Crippen molar-refractivity contribution in [3.8, 4) is 0 Å². The molecule has 2 aromatic carbocycles. The predicted octanol–water partition coefficient (Wildman–Crippen LogP) is 4.45. The Morgan fingerprint density at radius 1 is 0.519 bits per heavy atom. The molecule has 0 atom stereocenters. The van der Waals surface area contributed by atoms with Crippen molar-refractivity contribution in [2.24, 2.45) is 0 Å². The van der Waals surface area contributed by atoms with Gasteiger partial charge in [0.15, 0.2) is 0 Å². The van der Waals surface area contributed by atoms with Gasteiger partial charge in [-0.2, -0.15) is 0 Å². The summed E-state index contributed by atoms with van der Waals surface area (Å²) in [5, 5.41) is 3.14. The molecule has 0 N–H and O–H groups in total. The van der Waals surface area contributed by atoms with Gasteiger partial charge in [0, 0.05) is 21.1 Å². The number of hydrogen-bond donors (Lipinski definition) is 0. The molecule has 2 aromatic rings. The summed E-state index contributed by atoms with van der Waals surface area (Å²) in [7, 11) is -0.0165. The topological polar surface area (TPSA) is 99.5 Å². The van der Waals surface area contributed by atoms with Crippen molar-refractivity contribution in [3.05, 3.63) is 105 Å². The normalized spacial score (nSPS) is 9.44. The fraction of sp³-hybridized carbons (Fsp3) is 0.0500. The van der Waals surface area contributed by atoms with Gasteiger partial charge in [-0.3, -0.25) is 0 Å². The van der Waals surface area contributed by atoms with Crippen LogP contribution < -0.4 is 0 Å². The minimum atomic E-state index is -0.0165. The molecule has 1 aliphatic rings. The van der Waals surface area contributed by atoms with E-state index in [9.17, 15) is 0 Å². The van der Waals surface area contributed by atoms with Crippen LogP contribution in [0.2, 0.25) is 0 Å². The van der Waals surface area contributed by atoms with Crippen molar-refractivity contribution in [1.29, 1.82) is 0 Å². The first-order valence-electron chi connectivity index (χ1n) is 6.49. The van der Waals surface area contributed by atoms with Crippen LogP contribution in [0.4, 0.5) is 0 Å². The van der Waals surface area contributed by atoms with E-state index in [4.69, 9.17) is 23.3 Å². The van der Waals surface area contributed by atoms with Crippen molar-refractivity contribution in [2.45, 2.75) is 0 Å². The molecule has 0 amide bonds. The fourth-order valence-corrected chi connectivity index (χ4v) is 4.22. The molecule has 3 rings (SSSR count). The molecule has 0 aromatic heterocycles. The summed E-state index contributed by atoms with van der Waals surface area (Å²) in [6, 6.07) is 21.5. The molecular weight excluding hydrogens is 535 g/mol. The standard InChI is InChI=1S/C15H13P.5CO.W/c1-16-14(12-8-4-2-5-9-12)15(16)13-10-6-3-7-11-13;5*1-2;/h2-11H,1H3;;;;;;. The number of hydrogen-bond acceptors (Lipinski definition) is 0. The largest absolute Gasteiger partial charge is 0 e. The Hall–Kier alpha value is -2.00. The molecule has 0 fully saturated rings. The Balaban J connectivity index is -0.000000211. The van der Waals surface area contributed by atoms with E-state index in [-0.39, 0.29) is 29.0 Å². The van der Waals surface area contributed by atoms with Gasteiger partial charge in [-0.05, 0) is 36.3 Å². The van der Waals surface area contributed by atoms with Crippen LogP contribution in [-0.2, 0) is 44.3 Å². The first-order chi connectivity index (χ1) is 12.9. The van der Waals surface area contributed by atoms with Gasteiger partial charge < -0.3 is 0 Å². The third-order valence-electron chi connectivity index (χ3n) is 2.94. The quantitative estimate of drug-likeness (QED) is 0.301. The van der Waals surface area contributed by atoms with Crippen molar-refractivity contribution in [1.82, 2.24) is 0 Å². The van der Waals surface area contributed by atoms with Crippen LogP contribution in [0.25, 0.3) is 10.6 Å². The van der Waals surface area contributed by atoms with E-state index in [1.165, 1.54) is 11.1 Å². The monoisotopic (exact) mass is 548 g/mol. The predicted molar refractivity (Wildman–Crippen MR) is 92.2 cm³/mol. The molecular formula is C20H13O5PW. The van der Waals surface area contributed by atoms with E-state index in [0.717, 1.165) is 0 Å². The maximum atomic E-state index is 7.50. The van der Waals surface area contributed by atoms with E-state index in [0.29, 0.717) is 0 Å². The zero-order valence-corrected chi connectivity index (χ0v) is 18.0. The second kappa shape index (κ2) is 24.0. The van der Waals surface area contributed by atoms with Gasteiger partial charge in [-0.1, -0.05) is 60.7 Å². The minimum Gasteiger partial charge on any atom is 0 e. The van der Waals surface area contributed by atoms with E-state index >= 15 is 0 Å². The van der Waals surface area contributed by atoms with Crippen LogP contribution in [0.15, 0.2) is 60.7 Å². The SMILES string of the molecule is CP1C(c2ccccc2)=C1c1ccccc1.[C-]#[O+].[C-]#[O+].[C-]#[O+].[C-]#[O+].[C-]#[O+].[W]. The van der Waals surface area contributed by atoms with Gasteiger partial charge in [-0.15, -0.1) is 0 Å². The van der Waals surface area contributed by atoms with Crippen LogP contribution >= 0.6 is 7.92 Å². The summed E-state index contributed by atoms with van der Waals surface area (Å²) in [6.07, 6.45) is 0. The minimum absolute atomic E-state index is 0. The molecule has 5 nitrogen and oxygen atoms in total. The maximum Gasteiger partial charge on any atom is 0 e. The van der Waals surface area contributed by atoms with Crippen LogP contribution in [-0.4, -0.2) is 6.66 Å². The molecule has 134 valence electrons. The zero-order chi connectivity index (χ0) is 21.0. The Bertz CT molecular complexity index is 662. The van der Waals surface area contributed by atoms with Gasteiger partial charge in [0.1, 0.15) is 0 Å². The summed E-state index contributed by atoms with van der Waals surface area (Å²) >= 11 is 0. The van der Waals surface area contributed by atoms with Crippen LogP contribution in [0, 0.1) is 33.3 Å². The molecule has 1 heterocycles. The maximum absolute atomic E-state index is 7.50. The molecule has 7 heteroatoms. The van der Waals surface area contributed by atoms with Gasteiger partial charge in [0.05, 0.1) is 0 Å². The average Bonchev–Trinajstić information content (AvgIpc) is 3.47. The smallest absolute Gasteiger partial charge is 0 e. The third-order valence-corrected chi connectivity index (χ3v) is 5.02. The summed E-state index contributed by atoms with van der Waals surface area (Å²) in [5.41, 5.74) is 2.80. The third kappa shape index (κ3) is 11.3. The molecule has 0 saturated heterocycles. The Morgan fingerprint density at radius 2 is 0.741 bits per heavy atom. The molecule has 0 spiro atoms. The number of rotatable bonds is 2. The average molecular weight is 548 g/mol. The Morgan fingerprint density at radius 3 is 0.963 bits per heavy atom. The van der Waals surface area contributed by atoms with E-state index in [1.54, 1.807) is 10.6 Å². The van der Waals surface area contributed by atoms with Gasteiger partial charge in [-0.25, -0.2) is 0 Å². The van der Waals surface area contributed by atoms with Crippen molar-refractivity contribution < 1.29 is 44.3 Å². The van der Waals surface area contributed by atoms with E-state index < -0.39 is 0 Å². The van der Waals surface area contributed by atoms with Crippen LogP contribution in [0.3, 0.4) is 0 Å². The Labute approximate surface area is 174 Å². The van der Waals surface area contributed by atoms with Crippen LogP contribution in [0.5, 0.6) is 0 Å². The summed E-state index contributed by atoms with van der Waals surface area (Å²) < 4.78 is 37.5. The van der Waals surface area contributed by atoms with Gasteiger partial charge >= 0.3 is 56.5 Å². The van der Waals surface area contributed by atoms with Crippen molar-refractivity contribution in [2.75, 3.05) is 6.66 Å². The van der Waals surface area contributed by atoms with E-state index in [1.807, 2.05) is 0 Å². The molecule has 27 heavy (non-hydrogen) atoms. The number of benzene rings is 2. The van der Waals surface area contributed by atoms with E-state index in [2.05, 4.69) is 101 Å². The second-order valence-electron chi connectivity index (χ2n) is 3.99. The molecule has 0 unspecified atom stereocenters. The molecule has 0 bridgehead atoms.